The summed E-state index contributed by atoms with van der Waals surface area (Å²) in [5.41, 5.74) is 2.50. The van der Waals surface area contributed by atoms with Crippen molar-refractivity contribution in [3.63, 3.8) is 0 Å². The number of rotatable bonds is 5. The van der Waals surface area contributed by atoms with Crippen LogP contribution in [0, 0.1) is 0 Å². The number of hydrogen-bond donors (Lipinski definition) is 0. The number of carbonyl (C=O) groups excluding carboxylic acids is 1. The highest BCUT2D eigenvalue weighted by atomic mass is 16.6. The van der Waals surface area contributed by atoms with E-state index in [1.807, 2.05) is 11.8 Å². The zero-order chi connectivity index (χ0) is 18.7. The van der Waals surface area contributed by atoms with Gasteiger partial charge in [0.25, 0.3) is 0 Å². The van der Waals surface area contributed by atoms with Crippen molar-refractivity contribution in [2.75, 3.05) is 52.5 Å². The summed E-state index contributed by atoms with van der Waals surface area (Å²) in [6.07, 6.45) is 1.73. The Balaban J connectivity index is 1.30. The molecule has 27 heavy (non-hydrogen) atoms. The van der Waals surface area contributed by atoms with Crippen LogP contribution >= 0.6 is 0 Å². The molecule has 0 radical (unpaired) electrons. The van der Waals surface area contributed by atoms with E-state index in [-0.39, 0.29) is 11.7 Å². The molecular weight excluding hydrogens is 342 g/mol. The zero-order valence-corrected chi connectivity index (χ0v) is 16.4. The summed E-state index contributed by atoms with van der Waals surface area (Å²) in [5, 5.41) is 0. The Morgan fingerprint density at radius 2 is 1.63 bits per heavy atom. The first-order valence-corrected chi connectivity index (χ1v) is 10.2. The monoisotopic (exact) mass is 373 g/mol. The van der Waals surface area contributed by atoms with Crippen molar-refractivity contribution in [2.24, 2.45) is 0 Å². The third kappa shape index (κ3) is 4.45. The van der Waals surface area contributed by atoms with Crippen LogP contribution in [0.25, 0.3) is 0 Å². The molecule has 0 atom stereocenters. The molecule has 0 unspecified atom stereocenters. The van der Waals surface area contributed by atoms with Crippen LogP contribution in [0.2, 0.25) is 0 Å². The van der Waals surface area contributed by atoms with E-state index in [1.54, 1.807) is 0 Å². The van der Waals surface area contributed by atoms with Gasteiger partial charge in [0.2, 0.25) is 0 Å². The lowest BCUT2D eigenvalue weighted by molar-refractivity contribution is -0.00125. The van der Waals surface area contributed by atoms with Crippen molar-refractivity contribution in [1.82, 2.24) is 14.7 Å². The van der Waals surface area contributed by atoms with Crippen LogP contribution in [0.5, 0.6) is 0 Å². The minimum atomic E-state index is -0.248. The Kier molecular flexibility index (Phi) is 5.66. The van der Waals surface area contributed by atoms with Crippen molar-refractivity contribution in [2.45, 2.75) is 38.5 Å². The normalized spacial score (nSPS) is 23.7. The molecule has 3 aliphatic heterocycles. The van der Waals surface area contributed by atoms with Crippen molar-refractivity contribution >= 4 is 6.09 Å². The first-order valence-electron chi connectivity index (χ1n) is 10.2. The van der Waals surface area contributed by atoms with Crippen molar-refractivity contribution < 1.29 is 14.3 Å². The second-order valence-electron chi connectivity index (χ2n) is 8.05. The molecule has 0 bridgehead atoms. The van der Waals surface area contributed by atoms with Crippen LogP contribution in [-0.4, -0.2) is 78.9 Å². The fraction of sp³-hybridized carbons (Fsp3) is 0.667. The molecule has 0 N–H and O–H groups in total. The van der Waals surface area contributed by atoms with Gasteiger partial charge in [-0.25, -0.2) is 4.79 Å². The van der Waals surface area contributed by atoms with Gasteiger partial charge in [0.1, 0.15) is 5.60 Å². The average molecular weight is 373 g/mol. The second-order valence-corrected chi connectivity index (χ2v) is 8.05. The number of hydrogen-bond acceptors (Lipinski definition) is 5. The number of piperidine rings is 1. The molecule has 0 aliphatic carbocycles. The number of likely N-dealkylation sites (N-methyl/N-ethyl adjacent to an activating group) is 1. The van der Waals surface area contributed by atoms with Gasteiger partial charge in [-0.3, -0.25) is 9.80 Å². The minimum absolute atomic E-state index is 0.137. The number of nitrogens with zero attached hydrogens (tertiary/aromatic N) is 3. The summed E-state index contributed by atoms with van der Waals surface area (Å²) in [7, 11) is 0. The SMILES string of the molecule is CCN1CC2(CCN(Cc3cccc(CN4CCOCC4)c3)CC2)OC1=O. The van der Waals surface area contributed by atoms with Gasteiger partial charge in [0, 0.05) is 58.7 Å². The third-order valence-corrected chi connectivity index (χ3v) is 6.10. The summed E-state index contributed by atoms with van der Waals surface area (Å²) >= 11 is 0. The molecule has 3 heterocycles. The van der Waals surface area contributed by atoms with Gasteiger partial charge in [-0.05, 0) is 18.1 Å². The molecule has 4 rings (SSSR count). The quantitative estimate of drug-likeness (QED) is 0.793. The number of ether oxygens (including phenoxy) is 2. The van der Waals surface area contributed by atoms with Crippen LogP contribution in [-0.2, 0) is 22.6 Å². The molecule has 3 fully saturated rings. The van der Waals surface area contributed by atoms with E-state index in [1.165, 1.54) is 11.1 Å². The van der Waals surface area contributed by atoms with Gasteiger partial charge in [0.15, 0.2) is 0 Å². The van der Waals surface area contributed by atoms with Crippen LogP contribution in [0.1, 0.15) is 30.9 Å². The summed E-state index contributed by atoms with van der Waals surface area (Å²) < 4.78 is 11.2. The Morgan fingerprint density at radius 1 is 1.00 bits per heavy atom. The van der Waals surface area contributed by atoms with Crippen LogP contribution < -0.4 is 0 Å². The molecule has 1 spiro atoms. The van der Waals surface area contributed by atoms with Gasteiger partial charge >= 0.3 is 6.09 Å². The lowest BCUT2D eigenvalue weighted by atomic mass is 9.91. The lowest BCUT2D eigenvalue weighted by Crippen LogP contribution is -2.46. The summed E-state index contributed by atoms with van der Waals surface area (Å²) in [5.74, 6) is 0. The lowest BCUT2D eigenvalue weighted by Gasteiger charge is -2.37. The van der Waals surface area contributed by atoms with Crippen molar-refractivity contribution in [3.05, 3.63) is 35.4 Å². The van der Waals surface area contributed by atoms with Gasteiger partial charge in [-0.2, -0.15) is 0 Å². The number of benzene rings is 1. The maximum absolute atomic E-state index is 11.9. The third-order valence-electron chi connectivity index (χ3n) is 6.10. The highest BCUT2D eigenvalue weighted by Gasteiger charge is 2.46. The molecule has 3 aliphatic rings. The van der Waals surface area contributed by atoms with Gasteiger partial charge in [-0.1, -0.05) is 24.3 Å². The molecule has 0 aromatic heterocycles. The Labute approximate surface area is 162 Å². The van der Waals surface area contributed by atoms with Gasteiger partial charge in [-0.15, -0.1) is 0 Å². The van der Waals surface area contributed by atoms with Crippen LogP contribution in [0.15, 0.2) is 24.3 Å². The highest BCUT2D eigenvalue weighted by molar-refractivity contribution is 5.70. The number of morpholine rings is 1. The van der Waals surface area contributed by atoms with E-state index >= 15 is 0 Å². The molecule has 3 saturated heterocycles. The topological polar surface area (TPSA) is 45.2 Å². The standard InChI is InChI=1S/C21H31N3O3/c1-2-24-17-21(27-20(24)25)6-8-22(9-7-21)15-18-4-3-5-19(14-18)16-23-10-12-26-13-11-23/h3-5,14H,2,6-13,15-17H2,1H3. The van der Waals surface area contributed by atoms with E-state index in [0.29, 0.717) is 0 Å². The summed E-state index contributed by atoms with van der Waals surface area (Å²) in [6.45, 7) is 11.2. The largest absolute Gasteiger partial charge is 0.441 e. The van der Waals surface area contributed by atoms with Crippen LogP contribution in [0.3, 0.4) is 0 Å². The predicted octanol–water partition coefficient (Wildman–Crippen LogP) is 2.33. The second kappa shape index (κ2) is 8.17. The van der Waals surface area contributed by atoms with Crippen molar-refractivity contribution in [3.8, 4) is 0 Å². The highest BCUT2D eigenvalue weighted by Crippen LogP contribution is 2.33. The van der Waals surface area contributed by atoms with Crippen molar-refractivity contribution in [1.29, 1.82) is 0 Å². The van der Waals surface area contributed by atoms with Gasteiger partial charge in [0.05, 0.1) is 19.8 Å². The minimum Gasteiger partial charge on any atom is -0.441 e. The molecule has 1 aromatic rings. The Bertz CT molecular complexity index is 652. The van der Waals surface area contributed by atoms with Gasteiger partial charge < -0.3 is 14.4 Å². The smallest absolute Gasteiger partial charge is 0.410 e. The fourth-order valence-corrected chi connectivity index (χ4v) is 4.42. The molecular formula is C21H31N3O3. The first-order chi connectivity index (χ1) is 13.2. The van der Waals surface area contributed by atoms with Crippen LogP contribution in [0.4, 0.5) is 4.79 Å². The number of likely N-dealkylation sites (tertiary alicyclic amines) is 1. The maximum atomic E-state index is 11.9. The fourth-order valence-electron chi connectivity index (χ4n) is 4.42. The average Bonchev–Trinajstić information content (AvgIpc) is 3.00. The molecule has 1 aromatic carbocycles. The van der Waals surface area contributed by atoms with E-state index in [9.17, 15) is 4.79 Å². The molecule has 148 valence electrons. The Morgan fingerprint density at radius 3 is 2.22 bits per heavy atom. The predicted molar refractivity (Wildman–Crippen MR) is 104 cm³/mol. The molecule has 6 heteroatoms. The van der Waals surface area contributed by atoms with E-state index in [4.69, 9.17) is 9.47 Å². The Hall–Kier alpha value is -1.63. The maximum Gasteiger partial charge on any atom is 0.410 e. The number of amides is 1. The zero-order valence-electron chi connectivity index (χ0n) is 16.4. The molecule has 0 saturated carbocycles. The summed E-state index contributed by atoms with van der Waals surface area (Å²) in [6, 6.07) is 8.96. The van der Waals surface area contributed by atoms with E-state index in [2.05, 4.69) is 34.1 Å². The molecule has 1 amide bonds. The van der Waals surface area contributed by atoms with E-state index < -0.39 is 0 Å². The molecule has 6 nitrogen and oxygen atoms in total. The first kappa shape index (κ1) is 18.7. The van der Waals surface area contributed by atoms with E-state index in [0.717, 1.165) is 78.4 Å². The number of carbonyl (C=O) groups is 1. The summed E-state index contributed by atoms with van der Waals surface area (Å²) in [4.78, 5) is 18.7.